The molecule has 1 aliphatic rings. The fourth-order valence-corrected chi connectivity index (χ4v) is 3.17. The van der Waals surface area contributed by atoms with Crippen LogP contribution in [0.25, 0.3) is 0 Å². The van der Waals surface area contributed by atoms with Gasteiger partial charge >= 0.3 is 0 Å². The fourth-order valence-electron chi connectivity index (χ4n) is 1.88. The first-order valence-electron chi connectivity index (χ1n) is 5.71. The molecule has 1 aliphatic heterocycles. The van der Waals surface area contributed by atoms with Crippen LogP contribution in [0.15, 0.2) is 6.33 Å². The predicted octanol–water partition coefficient (Wildman–Crippen LogP) is -0.634. The standard InChI is InChI=1S/C9H17N5O2S/c15-17(16,6-8-3-1-2-4-10-8)13-5-9-11-7-12-14-9/h7-8,10,13H,1-6H2,(H,11,12,14). The average molecular weight is 259 g/mol. The van der Waals surface area contributed by atoms with Crippen LogP contribution in [-0.2, 0) is 16.6 Å². The normalized spacial score (nSPS) is 21.5. The van der Waals surface area contributed by atoms with Crippen molar-refractivity contribution >= 4 is 10.0 Å². The van der Waals surface area contributed by atoms with E-state index >= 15 is 0 Å². The maximum Gasteiger partial charge on any atom is 0.213 e. The molecule has 2 heterocycles. The van der Waals surface area contributed by atoms with Gasteiger partial charge in [-0.2, -0.15) is 5.10 Å². The zero-order valence-corrected chi connectivity index (χ0v) is 10.3. The Kier molecular flexibility index (Phi) is 4.08. The van der Waals surface area contributed by atoms with Crippen molar-refractivity contribution in [1.82, 2.24) is 25.2 Å². The van der Waals surface area contributed by atoms with Crippen LogP contribution in [0.1, 0.15) is 25.1 Å². The lowest BCUT2D eigenvalue weighted by Gasteiger charge is -2.23. The summed E-state index contributed by atoms with van der Waals surface area (Å²) in [6.45, 7) is 1.07. The summed E-state index contributed by atoms with van der Waals surface area (Å²) in [5, 5.41) is 9.48. The van der Waals surface area contributed by atoms with Gasteiger partial charge in [-0.05, 0) is 19.4 Å². The van der Waals surface area contributed by atoms with Crippen molar-refractivity contribution in [2.75, 3.05) is 12.3 Å². The molecule has 0 spiro atoms. The Bertz CT molecular complexity index is 424. The number of sulfonamides is 1. The van der Waals surface area contributed by atoms with Crippen LogP contribution in [0.3, 0.4) is 0 Å². The summed E-state index contributed by atoms with van der Waals surface area (Å²) in [5.74, 6) is 0.645. The Balaban J connectivity index is 1.81. The number of hydrogen-bond acceptors (Lipinski definition) is 5. The summed E-state index contributed by atoms with van der Waals surface area (Å²) in [5.41, 5.74) is 0. The highest BCUT2D eigenvalue weighted by Crippen LogP contribution is 2.08. The van der Waals surface area contributed by atoms with Gasteiger partial charge in [0.1, 0.15) is 12.2 Å². The minimum atomic E-state index is -3.26. The third kappa shape index (κ3) is 4.06. The molecule has 0 radical (unpaired) electrons. The van der Waals surface area contributed by atoms with E-state index in [1.165, 1.54) is 6.33 Å². The Morgan fingerprint density at radius 3 is 3.00 bits per heavy atom. The molecule has 1 aromatic rings. The van der Waals surface area contributed by atoms with Crippen molar-refractivity contribution < 1.29 is 8.42 Å². The lowest BCUT2D eigenvalue weighted by molar-refractivity contribution is 0.422. The molecule has 2 rings (SSSR count). The number of nitrogens with zero attached hydrogens (tertiary/aromatic N) is 2. The molecule has 1 atom stereocenters. The average Bonchev–Trinajstić information content (AvgIpc) is 2.80. The summed E-state index contributed by atoms with van der Waals surface area (Å²) in [4.78, 5) is 3.86. The topological polar surface area (TPSA) is 99.8 Å². The summed E-state index contributed by atoms with van der Waals surface area (Å²) < 4.78 is 26.1. The second-order valence-corrected chi connectivity index (χ2v) is 6.03. The minimum absolute atomic E-state index is 0.0657. The van der Waals surface area contributed by atoms with Crippen LogP contribution in [0.2, 0.25) is 0 Å². The highest BCUT2D eigenvalue weighted by Gasteiger charge is 2.20. The van der Waals surface area contributed by atoms with E-state index in [9.17, 15) is 8.42 Å². The second-order valence-electron chi connectivity index (χ2n) is 4.18. The Morgan fingerprint density at radius 1 is 1.47 bits per heavy atom. The van der Waals surface area contributed by atoms with Crippen molar-refractivity contribution in [1.29, 1.82) is 0 Å². The molecular weight excluding hydrogens is 242 g/mol. The van der Waals surface area contributed by atoms with Gasteiger partial charge in [0.2, 0.25) is 10.0 Å². The molecule has 1 aromatic heterocycles. The van der Waals surface area contributed by atoms with Crippen molar-refractivity contribution in [2.24, 2.45) is 0 Å². The number of piperidine rings is 1. The smallest absolute Gasteiger partial charge is 0.213 e. The van der Waals surface area contributed by atoms with Crippen LogP contribution >= 0.6 is 0 Å². The highest BCUT2D eigenvalue weighted by molar-refractivity contribution is 7.89. The van der Waals surface area contributed by atoms with Gasteiger partial charge in [-0.15, -0.1) is 0 Å². The molecular formula is C9H17N5O2S. The quantitative estimate of drug-likeness (QED) is 0.653. The SMILES string of the molecule is O=S(=O)(CC1CCCCN1)NCc1ncn[nH]1. The van der Waals surface area contributed by atoms with Gasteiger partial charge < -0.3 is 5.32 Å². The van der Waals surface area contributed by atoms with E-state index < -0.39 is 10.0 Å². The molecule has 7 nitrogen and oxygen atoms in total. The molecule has 1 saturated heterocycles. The van der Waals surface area contributed by atoms with Gasteiger partial charge in [-0.1, -0.05) is 6.42 Å². The maximum absolute atomic E-state index is 11.8. The van der Waals surface area contributed by atoms with E-state index in [1.807, 2.05) is 0 Å². The molecule has 0 saturated carbocycles. The fraction of sp³-hybridized carbons (Fsp3) is 0.778. The lowest BCUT2D eigenvalue weighted by atomic mass is 10.1. The van der Waals surface area contributed by atoms with Gasteiger partial charge in [-0.3, -0.25) is 5.10 Å². The molecule has 0 amide bonds. The number of H-pyrrole nitrogens is 1. The van der Waals surface area contributed by atoms with Crippen molar-refractivity contribution in [2.45, 2.75) is 31.8 Å². The van der Waals surface area contributed by atoms with Gasteiger partial charge in [0.05, 0.1) is 12.3 Å². The maximum atomic E-state index is 11.8. The molecule has 1 unspecified atom stereocenters. The zero-order valence-electron chi connectivity index (χ0n) is 9.52. The first-order chi connectivity index (χ1) is 8.16. The molecule has 0 aromatic carbocycles. The highest BCUT2D eigenvalue weighted by atomic mass is 32.2. The summed E-state index contributed by atoms with van der Waals surface area (Å²) in [6, 6.07) is 0.0657. The largest absolute Gasteiger partial charge is 0.313 e. The van der Waals surface area contributed by atoms with Crippen molar-refractivity contribution in [3.05, 3.63) is 12.2 Å². The van der Waals surface area contributed by atoms with E-state index in [0.29, 0.717) is 5.82 Å². The monoisotopic (exact) mass is 259 g/mol. The predicted molar refractivity (Wildman–Crippen MR) is 62.7 cm³/mol. The number of rotatable bonds is 5. The van der Waals surface area contributed by atoms with E-state index in [4.69, 9.17) is 0 Å². The van der Waals surface area contributed by atoms with E-state index in [0.717, 1.165) is 25.8 Å². The van der Waals surface area contributed by atoms with Crippen molar-refractivity contribution in [3.63, 3.8) is 0 Å². The number of nitrogens with one attached hydrogen (secondary N) is 3. The van der Waals surface area contributed by atoms with Crippen LogP contribution in [0.5, 0.6) is 0 Å². The lowest BCUT2D eigenvalue weighted by Crippen LogP contribution is -2.42. The number of hydrogen-bond donors (Lipinski definition) is 3. The molecule has 8 heteroatoms. The first kappa shape index (κ1) is 12.5. The molecule has 3 N–H and O–H groups in total. The van der Waals surface area contributed by atoms with Crippen LogP contribution in [-0.4, -0.2) is 41.9 Å². The van der Waals surface area contributed by atoms with Gasteiger partial charge in [0.25, 0.3) is 0 Å². The molecule has 17 heavy (non-hydrogen) atoms. The molecule has 96 valence electrons. The number of aromatic nitrogens is 3. The second kappa shape index (κ2) is 5.56. The van der Waals surface area contributed by atoms with Crippen LogP contribution in [0, 0.1) is 0 Å². The van der Waals surface area contributed by atoms with E-state index in [2.05, 4.69) is 25.2 Å². The van der Waals surface area contributed by atoms with Crippen molar-refractivity contribution in [3.8, 4) is 0 Å². The van der Waals surface area contributed by atoms with E-state index in [1.54, 1.807) is 0 Å². The molecule has 1 fully saturated rings. The van der Waals surface area contributed by atoms with Gasteiger partial charge in [0.15, 0.2) is 0 Å². The zero-order chi connectivity index (χ0) is 12.1. The third-order valence-corrected chi connectivity index (χ3v) is 4.18. The Morgan fingerprint density at radius 2 is 2.35 bits per heavy atom. The minimum Gasteiger partial charge on any atom is -0.313 e. The van der Waals surface area contributed by atoms with Crippen LogP contribution in [0.4, 0.5) is 0 Å². The van der Waals surface area contributed by atoms with Gasteiger partial charge in [0, 0.05) is 6.04 Å². The Hall–Kier alpha value is -0.990. The summed E-state index contributed by atoms with van der Waals surface area (Å²) in [6.07, 6.45) is 4.49. The van der Waals surface area contributed by atoms with Crippen LogP contribution < -0.4 is 10.0 Å². The van der Waals surface area contributed by atoms with Gasteiger partial charge in [-0.25, -0.2) is 18.1 Å². The summed E-state index contributed by atoms with van der Waals surface area (Å²) in [7, 11) is -3.26. The summed E-state index contributed by atoms with van der Waals surface area (Å²) >= 11 is 0. The molecule has 0 bridgehead atoms. The Labute approximate surface area is 100 Å². The third-order valence-electron chi connectivity index (χ3n) is 2.76. The van der Waals surface area contributed by atoms with E-state index in [-0.39, 0.29) is 18.3 Å². The first-order valence-corrected chi connectivity index (χ1v) is 7.36. The molecule has 0 aliphatic carbocycles. The number of aromatic amines is 1.